The van der Waals surface area contributed by atoms with Gasteiger partial charge in [-0.05, 0) is 67.3 Å². The van der Waals surface area contributed by atoms with Crippen LogP contribution in [0.3, 0.4) is 0 Å². The molecule has 0 saturated carbocycles. The van der Waals surface area contributed by atoms with Crippen LogP contribution in [0.2, 0.25) is 0 Å². The first-order chi connectivity index (χ1) is 17.8. The third kappa shape index (κ3) is 9.78. The molecule has 208 valence electrons. The molecule has 0 N–H and O–H groups in total. The predicted octanol–water partition coefficient (Wildman–Crippen LogP) is 5.96. The highest BCUT2D eigenvalue weighted by molar-refractivity contribution is 9.11. The summed E-state index contributed by atoms with van der Waals surface area (Å²) < 4.78 is 28.3. The van der Waals surface area contributed by atoms with Gasteiger partial charge in [0.1, 0.15) is 37.4 Å². The molecule has 0 unspecified atom stereocenters. The van der Waals surface area contributed by atoms with Gasteiger partial charge in [-0.3, -0.25) is 14.4 Å². The van der Waals surface area contributed by atoms with Gasteiger partial charge in [0, 0.05) is 26.2 Å². The fraction of sp³-hybridized carbons (Fsp3) is 0.444. The highest BCUT2D eigenvalue weighted by atomic mass is 79.9. The van der Waals surface area contributed by atoms with Crippen LogP contribution in [0, 0.1) is 0 Å². The Hall–Kier alpha value is -2.30. The van der Waals surface area contributed by atoms with Crippen LogP contribution in [0.25, 0.3) is 0 Å². The molecule has 0 aliphatic heterocycles. The smallest absolute Gasteiger partial charge is 0.303 e. The number of halogens is 3. The van der Waals surface area contributed by atoms with Gasteiger partial charge in [-0.25, -0.2) is 0 Å². The van der Waals surface area contributed by atoms with Gasteiger partial charge >= 0.3 is 17.9 Å². The van der Waals surface area contributed by atoms with Crippen molar-refractivity contribution in [3.05, 3.63) is 56.5 Å². The third-order valence-corrected chi connectivity index (χ3v) is 6.98. The van der Waals surface area contributed by atoms with Gasteiger partial charge in [-0.15, -0.1) is 11.6 Å². The van der Waals surface area contributed by atoms with E-state index in [2.05, 4.69) is 45.7 Å². The molecule has 0 radical (unpaired) electrons. The van der Waals surface area contributed by atoms with E-state index in [9.17, 15) is 14.4 Å². The van der Waals surface area contributed by atoms with Gasteiger partial charge in [0.15, 0.2) is 6.10 Å². The number of hydrogen-bond donors (Lipinski definition) is 0. The maximum absolute atomic E-state index is 11.3. The molecular formula is C27H31Br2ClO8. The average Bonchev–Trinajstić information content (AvgIpc) is 2.83. The number of rotatable bonds is 13. The molecule has 2 aromatic rings. The summed E-state index contributed by atoms with van der Waals surface area (Å²) in [7, 11) is 0. The lowest BCUT2D eigenvalue weighted by molar-refractivity contribution is -0.158. The Morgan fingerprint density at radius 2 is 1.32 bits per heavy atom. The molecule has 0 heterocycles. The topological polar surface area (TPSA) is 97.4 Å². The summed E-state index contributed by atoms with van der Waals surface area (Å²) in [6, 6.07) is 11.5. The number of ether oxygens (including phenoxy) is 5. The second-order valence-electron chi connectivity index (χ2n) is 8.96. The van der Waals surface area contributed by atoms with Crippen LogP contribution in [0.5, 0.6) is 11.5 Å². The zero-order valence-electron chi connectivity index (χ0n) is 21.8. The minimum absolute atomic E-state index is 0.0407. The Balaban J connectivity index is 2.12. The van der Waals surface area contributed by atoms with Gasteiger partial charge in [0.2, 0.25) is 0 Å². The van der Waals surface area contributed by atoms with E-state index >= 15 is 0 Å². The van der Waals surface area contributed by atoms with E-state index in [0.29, 0.717) is 11.5 Å². The molecule has 0 fully saturated rings. The summed E-state index contributed by atoms with van der Waals surface area (Å²) in [5.74, 6) is -0.0927. The first kappa shape index (κ1) is 31.9. The van der Waals surface area contributed by atoms with Crippen LogP contribution in [0.4, 0.5) is 0 Å². The Kier molecular flexibility index (Phi) is 12.4. The van der Waals surface area contributed by atoms with Gasteiger partial charge in [-0.1, -0.05) is 26.0 Å². The van der Waals surface area contributed by atoms with E-state index in [1.54, 1.807) is 0 Å². The third-order valence-electron chi connectivity index (χ3n) is 5.46. The lowest BCUT2D eigenvalue weighted by Crippen LogP contribution is -2.29. The van der Waals surface area contributed by atoms with E-state index in [1.165, 1.54) is 20.8 Å². The zero-order chi connectivity index (χ0) is 28.5. The second kappa shape index (κ2) is 14.7. The Morgan fingerprint density at radius 3 is 1.82 bits per heavy atom. The van der Waals surface area contributed by atoms with Crippen molar-refractivity contribution in [2.24, 2.45) is 0 Å². The molecule has 0 aliphatic rings. The van der Waals surface area contributed by atoms with E-state index in [1.807, 2.05) is 36.4 Å². The van der Waals surface area contributed by atoms with E-state index in [0.717, 1.165) is 20.1 Å². The van der Waals surface area contributed by atoms with Crippen molar-refractivity contribution in [3.63, 3.8) is 0 Å². The van der Waals surface area contributed by atoms with Gasteiger partial charge in [-0.2, -0.15) is 0 Å². The molecule has 0 bridgehead atoms. The van der Waals surface area contributed by atoms with Crippen molar-refractivity contribution >= 4 is 61.4 Å². The average molecular weight is 679 g/mol. The zero-order valence-corrected chi connectivity index (χ0v) is 25.8. The Labute approximate surface area is 244 Å². The first-order valence-corrected chi connectivity index (χ1v) is 13.8. The summed E-state index contributed by atoms with van der Waals surface area (Å²) >= 11 is 13.0. The first-order valence-electron chi connectivity index (χ1n) is 11.7. The maximum atomic E-state index is 11.3. The fourth-order valence-electron chi connectivity index (χ4n) is 3.46. The normalized spacial score (nSPS) is 12.7. The SMILES string of the molecule is CC(=O)OC[C@@H](COc1ccc(C(C)(C)c2cc(Br)c(OC[C@H](CCl)OC(C)=O)c(Br)c2)cc1)OC(C)=O. The van der Waals surface area contributed by atoms with Crippen LogP contribution in [0.1, 0.15) is 45.7 Å². The minimum atomic E-state index is -0.711. The standard InChI is InChI=1S/C27H31Br2ClO8/c1-16(31)34-14-23(38-18(3)33)15-35-21-8-6-19(7-9-21)27(4,5)20-10-24(28)26(25(29)11-20)36-13-22(12-30)37-17(2)32/h6-11,22-23H,12-15H2,1-5H3/t22-,23-/m0/s1. The molecule has 0 aliphatic carbocycles. The lowest BCUT2D eigenvalue weighted by atomic mass is 9.78. The summed E-state index contributed by atoms with van der Waals surface area (Å²) in [5, 5.41) is 0. The molecule has 0 spiro atoms. The van der Waals surface area contributed by atoms with Crippen LogP contribution in [0.15, 0.2) is 45.3 Å². The molecule has 2 aromatic carbocycles. The van der Waals surface area contributed by atoms with E-state index in [4.69, 9.17) is 35.3 Å². The van der Waals surface area contributed by atoms with Gasteiger partial charge < -0.3 is 23.7 Å². The van der Waals surface area contributed by atoms with Crippen molar-refractivity contribution in [2.75, 3.05) is 25.7 Å². The predicted molar refractivity (Wildman–Crippen MR) is 150 cm³/mol. The van der Waals surface area contributed by atoms with Crippen LogP contribution < -0.4 is 9.47 Å². The summed E-state index contributed by atoms with van der Waals surface area (Å²) in [6.45, 7) is 8.16. The maximum Gasteiger partial charge on any atom is 0.303 e. The number of esters is 3. The van der Waals surface area contributed by atoms with Crippen LogP contribution >= 0.6 is 43.5 Å². The minimum Gasteiger partial charge on any atom is -0.490 e. The molecule has 8 nitrogen and oxygen atoms in total. The molecule has 38 heavy (non-hydrogen) atoms. The van der Waals surface area contributed by atoms with Crippen molar-refractivity contribution < 1.29 is 38.1 Å². The number of alkyl halides is 1. The second-order valence-corrected chi connectivity index (χ2v) is 11.0. The van der Waals surface area contributed by atoms with Crippen molar-refractivity contribution in [1.82, 2.24) is 0 Å². The number of carbonyl (C=O) groups excluding carboxylic acids is 3. The highest BCUT2D eigenvalue weighted by Crippen LogP contribution is 2.41. The fourth-order valence-corrected chi connectivity index (χ4v) is 5.03. The summed E-state index contributed by atoms with van der Waals surface area (Å²) in [6.07, 6.45) is -1.27. The quantitative estimate of drug-likeness (QED) is 0.146. The Bertz CT molecular complexity index is 1100. The molecule has 2 rings (SSSR count). The Morgan fingerprint density at radius 1 is 0.789 bits per heavy atom. The van der Waals surface area contributed by atoms with Crippen molar-refractivity contribution in [2.45, 2.75) is 52.2 Å². The number of benzene rings is 2. The molecule has 0 saturated heterocycles. The molecule has 0 aromatic heterocycles. The summed E-state index contributed by atoms with van der Waals surface area (Å²) in [4.78, 5) is 33.6. The van der Waals surface area contributed by atoms with Gasteiger partial charge in [0.05, 0.1) is 14.8 Å². The largest absolute Gasteiger partial charge is 0.490 e. The summed E-state index contributed by atoms with van der Waals surface area (Å²) in [5.41, 5.74) is 1.67. The molecule has 0 amide bonds. The number of hydrogen-bond acceptors (Lipinski definition) is 8. The molecular weight excluding hydrogens is 648 g/mol. The lowest BCUT2D eigenvalue weighted by Gasteiger charge is -2.28. The van der Waals surface area contributed by atoms with E-state index < -0.39 is 30.1 Å². The van der Waals surface area contributed by atoms with Crippen molar-refractivity contribution in [3.8, 4) is 11.5 Å². The molecule has 2 atom stereocenters. The van der Waals surface area contributed by atoms with Crippen LogP contribution in [-0.2, 0) is 34.0 Å². The van der Waals surface area contributed by atoms with Crippen LogP contribution in [-0.4, -0.2) is 55.8 Å². The molecule has 11 heteroatoms. The monoisotopic (exact) mass is 676 g/mol. The van der Waals surface area contributed by atoms with Gasteiger partial charge in [0.25, 0.3) is 0 Å². The van der Waals surface area contributed by atoms with Crippen molar-refractivity contribution in [1.29, 1.82) is 0 Å². The number of carbonyl (C=O) groups is 3. The highest BCUT2D eigenvalue weighted by Gasteiger charge is 2.26. The van der Waals surface area contributed by atoms with E-state index in [-0.39, 0.29) is 31.1 Å².